The predicted molar refractivity (Wildman–Crippen MR) is 59.2 cm³/mol. The molecule has 1 atom stereocenters. The summed E-state index contributed by atoms with van der Waals surface area (Å²) in [5, 5.41) is 9.52. The monoisotopic (exact) mass is 227 g/mol. The van der Waals surface area contributed by atoms with Gasteiger partial charge >= 0.3 is 0 Å². The number of aliphatic hydroxyl groups is 1. The molecule has 0 saturated carbocycles. The number of hydrogen-bond donors (Lipinski definition) is 1. The molecular weight excluding hydrogens is 214 g/mol. The number of rotatable bonds is 2. The first-order chi connectivity index (χ1) is 7.19. The second kappa shape index (κ2) is 4.33. The molecule has 1 aromatic heterocycles. The van der Waals surface area contributed by atoms with Crippen molar-refractivity contribution in [3.05, 3.63) is 16.9 Å². The van der Waals surface area contributed by atoms with E-state index in [2.05, 4.69) is 14.9 Å². The van der Waals surface area contributed by atoms with Crippen molar-refractivity contribution in [1.82, 2.24) is 9.97 Å². The first-order valence-corrected chi connectivity index (χ1v) is 5.44. The average Bonchev–Trinajstić information content (AvgIpc) is 2.64. The maximum absolute atomic E-state index is 9.05. The van der Waals surface area contributed by atoms with E-state index in [4.69, 9.17) is 16.7 Å². The minimum absolute atomic E-state index is 0.232. The van der Waals surface area contributed by atoms with E-state index in [-0.39, 0.29) is 6.61 Å². The highest BCUT2D eigenvalue weighted by Gasteiger charge is 2.23. The van der Waals surface area contributed by atoms with Gasteiger partial charge in [-0.05, 0) is 19.4 Å². The molecule has 1 N–H and O–H groups in total. The lowest BCUT2D eigenvalue weighted by atomic mass is 10.1. The van der Waals surface area contributed by atoms with Crippen LogP contribution >= 0.6 is 11.6 Å². The standard InChI is InChI=1S/C10H14ClN3O/c1-7-4-9(11)13-10(12-7)14-3-2-8(5-14)6-15/h4,8,15H,2-3,5-6H2,1H3/t8-/m0/s1. The van der Waals surface area contributed by atoms with Crippen molar-refractivity contribution in [2.75, 3.05) is 24.6 Å². The van der Waals surface area contributed by atoms with E-state index < -0.39 is 0 Å². The second-order valence-corrected chi connectivity index (χ2v) is 4.30. The molecule has 0 unspecified atom stereocenters. The zero-order valence-corrected chi connectivity index (χ0v) is 9.41. The minimum Gasteiger partial charge on any atom is -0.396 e. The van der Waals surface area contributed by atoms with E-state index >= 15 is 0 Å². The van der Waals surface area contributed by atoms with Gasteiger partial charge < -0.3 is 10.0 Å². The van der Waals surface area contributed by atoms with Crippen LogP contribution in [0.15, 0.2) is 6.07 Å². The molecular formula is C10H14ClN3O. The number of aliphatic hydroxyl groups excluding tert-OH is 1. The van der Waals surface area contributed by atoms with Gasteiger partial charge in [-0.2, -0.15) is 0 Å². The smallest absolute Gasteiger partial charge is 0.226 e. The third kappa shape index (κ3) is 2.38. The molecule has 0 spiro atoms. The Kier molecular flexibility index (Phi) is 3.07. The summed E-state index contributed by atoms with van der Waals surface area (Å²) in [6.07, 6.45) is 0.991. The van der Waals surface area contributed by atoms with Gasteiger partial charge in [0, 0.05) is 31.3 Å². The highest BCUT2D eigenvalue weighted by Crippen LogP contribution is 2.21. The second-order valence-electron chi connectivity index (χ2n) is 3.92. The molecule has 0 amide bonds. The fourth-order valence-electron chi connectivity index (χ4n) is 1.82. The number of hydrogen-bond acceptors (Lipinski definition) is 4. The van der Waals surface area contributed by atoms with Gasteiger partial charge in [0.1, 0.15) is 5.15 Å². The largest absolute Gasteiger partial charge is 0.396 e. The summed E-state index contributed by atoms with van der Waals surface area (Å²) in [4.78, 5) is 10.6. The number of aryl methyl sites for hydroxylation is 1. The summed E-state index contributed by atoms with van der Waals surface area (Å²) in [7, 11) is 0. The zero-order chi connectivity index (χ0) is 10.8. The van der Waals surface area contributed by atoms with Crippen molar-refractivity contribution in [1.29, 1.82) is 0 Å². The minimum atomic E-state index is 0.232. The van der Waals surface area contributed by atoms with Crippen LogP contribution in [-0.2, 0) is 0 Å². The predicted octanol–water partition coefficient (Wildman–Crippen LogP) is 1.26. The highest BCUT2D eigenvalue weighted by molar-refractivity contribution is 6.29. The molecule has 0 aromatic carbocycles. The average molecular weight is 228 g/mol. The Bertz CT molecular complexity index is 338. The van der Waals surface area contributed by atoms with E-state index in [0.29, 0.717) is 17.0 Å². The lowest BCUT2D eigenvalue weighted by Crippen LogP contribution is -2.23. The first-order valence-electron chi connectivity index (χ1n) is 5.06. The van der Waals surface area contributed by atoms with Crippen LogP contribution in [0.4, 0.5) is 5.95 Å². The molecule has 0 aliphatic carbocycles. The Morgan fingerprint density at radius 1 is 1.60 bits per heavy atom. The summed E-state index contributed by atoms with van der Waals surface area (Å²) in [5.74, 6) is 1.02. The van der Waals surface area contributed by atoms with Crippen LogP contribution in [0.3, 0.4) is 0 Å². The van der Waals surface area contributed by atoms with Crippen LogP contribution in [-0.4, -0.2) is 34.8 Å². The van der Waals surface area contributed by atoms with E-state index in [9.17, 15) is 0 Å². The molecule has 1 aromatic rings. The molecule has 15 heavy (non-hydrogen) atoms. The van der Waals surface area contributed by atoms with E-state index in [1.54, 1.807) is 6.07 Å². The molecule has 0 bridgehead atoms. The Labute approximate surface area is 93.9 Å². The van der Waals surface area contributed by atoms with Crippen LogP contribution in [0.25, 0.3) is 0 Å². The van der Waals surface area contributed by atoms with Gasteiger partial charge in [0.2, 0.25) is 5.95 Å². The molecule has 1 aliphatic rings. The third-order valence-corrected chi connectivity index (χ3v) is 2.83. The van der Waals surface area contributed by atoms with Gasteiger partial charge in [-0.25, -0.2) is 9.97 Å². The SMILES string of the molecule is Cc1cc(Cl)nc(N2CC[C@H](CO)C2)n1. The van der Waals surface area contributed by atoms with Crippen molar-refractivity contribution in [2.45, 2.75) is 13.3 Å². The Morgan fingerprint density at radius 2 is 2.40 bits per heavy atom. The Hall–Kier alpha value is -0.870. The molecule has 1 fully saturated rings. The van der Waals surface area contributed by atoms with Crippen LogP contribution in [0, 0.1) is 12.8 Å². The van der Waals surface area contributed by atoms with Gasteiger partial charge in [0.05, 0.1) is 0 Å². The molecule has 2 heterocycles. The fraction of sp³-hybridized carbons (Fsp3) is 0.600. The number of nitrogens with zero attached hydrogens (tertiary/aromatic N) is 3. The van der Waals surface area contributed by atoms with E-state index in [1.807, 2.05) is 6.92 Å². The summed E-state index contributed by atoms with van der Waals surface area (Å²) in [6.45, 7) is 3.84. The van der Waals surface area contributed by atoms with Crippen LogP contribution < -0.4 is 4.90 Å². The van der Waals surface area contributed by atoms with Crippen LogP contribution in [0.2, 0.25) is 5.15 Å². The van der Waals surface area contributed by atoms with E-state index in [1.165, 1.54) is 0 Å². The van der Waals surface area contributed by atoms with Crippen molar-refractivity contribution in [2.24, 2.45) is 5.92 Å². The van der Waals surface area contributed by atoms with Gasteiger partial charge in [0.15, 0.2) is 0 Å². The van der Waals surface area contributed by atoms with Crippen LogP contribution in [0.1, 0.15) is 12.1 Å². The van der Waals surface area contributed by atoms with Gasteiger partial charge in [-0.15, -0.1) is 0 Å². The molecule has 5 heteroatoms. The first kappa shape index (κ1) is 10.6. The molecule has 82 valence electrons. The maximum atomic E-state index is 9.05. The molecule has 2 rings (SSSR count). The van der Waals surface area contributed by atoms with Crippen molar-refractivity contribution in [3.63, 3.8) is 0 Å². The quantitative estimate of drug-likeness (QED) is 0.773. The summed E-state index contributed by atoms with van der Waals surface area (Å²) in [5.41, 5.74) is 0.873. The number of halogens is 1. The molecule has 1 aliphatic heterocycles. The highest BCUT2D eigenvalue weighted by atomic mass is 35.5. The third-order valence-electron chi connectivity index (χ3n) is 2.64. The Morgan fingerprint density at radius 3 is 3.00 bits per heavy atom. The van der Waals surface area contributed by atoms with Gasteiger partial charge in [0.25, 0.3) is 0 Å². The maximum Gasteiger partial charge on any atom is 0.226 e. The topological polar surface area (TPSA) is 49.2 Å². The zero-order valence-electron chi connectivity index (χ0n) is 8.65. The lowest BCUT2D eigenvalue weighted by molar-refractivity contribution is 0.238. The summed E-state index contributed by atoms with van der Waals surface area (Å²) >= 11 is 5.87. The van der Waals surface area contributed by atoms with Gasteiger partial charge in [-0.1, -0.05) is 11.6 Å². The van der Waals surface area contributed by atoms with Crippen LogP contribution in [0.5, 0.6) is 0 Å². The van der Waals surface area contributed by atoms with Crippen molar-refractivity contribution in [3.8, 4) is 0 Å². The van der Waals surface area contributed by atoms with Crippen molar-refractivity contribution >= 4 is 17.5 Å². The fourth-order valence-corrected chi connectivity index (χ4v) is 2.05. The number of aromatic nitrogens is 2. The molecule has 1 saturated heterocycles. The van der Waals surface area contributed by atoms with Gasteiger partial charge in [-0.3, -0.25) is 0 Å². The Balaban J connectivity index is 2.16. The summed E-state index contributed by atoms with van der Waals surface area (Å²) < 4.78 is 0. The van der Waals surface area contributed by atoms with E-state index in [0.717, 1.165) is 25.2 Å². The molecule has 4 nitrogen and oxygen atoms in total. The molecule has 0 radical (unpaired) electrons. The lowest BCUT2D eigenvalue weighted by Gasteiger charge is -2.16. The normalized spacial score (nSPS) is 21.0. The van der Waals surface area contributed by atoms with Crippen molar-refractivity contribution < 1.29 is 5.11 Å². The number of anilines is 1. The summed E-state index contributed by atoms with van der Waals surface area (Å²) in [6, 6.07) is 1.74.